The van der Waals surface area contributed by atoms with Crippen LogP contribution in [0, 0.1) is 27.7 Å². The summed E-state index contributed by atoms with van der Waals surface area (Å²) in [6.45, 7) is 24.5. The van der Waals surface area contributed by atoms with Crippen molar-refractivity contribution in [3.8, 4) is 45.0 Å². The Morgan fingerprint density at radius 1 is 0.405 bits per heavy atom. The van der Waals surface area contributed by atoms with Crippen molar-refractivity contribution in [2.24, 2.45) is 0 Å². The third-order valence-electron chi connectivity index (χ3n) is 21.0. The number of morpholine rings is 1. The van der Waals surface area contributed by atoms with Crippen molar-refractivity contribution in [1.29, 1.82) is 0 Å². The van der Waals surface area contributed by atoms with Gasteiger partial charge in [-0.2, -0.15) is 0 Å². The summed E-state index contributed by atoms with van der Waals surface area (Å²) in [7, 11) is 0. The molecule has 13 aromatic rings. The van der Waals surface area contributed by atoms with Gasteiger partial charge >= 0.3 is 0 Å². The van der Waals surface area contributed by atoms with Crippen molar-refractivity contribution < 1.29 is 28.7 Å². The number of nitrogens with zero attached hydrogens (tertiary/aromatic N) is 14. The van der Waals surface area contributed by atoms with Gasteiger partial charge in [-0.05, 0) is 194 Å². The molecule has 26 nitrogen and oxygen atoms in total. The number of ether oxygens (including phenoxy) is 1. The second-order valence-electron chi connectivity index (χ2n) is 31.0. The van der Waals surface area contributed by atoms with E-state index in [0.717, 1.165) is 119 Å². The molecular weight excluding hydrogens is 1580 g/mol. The Labute approximate surface area is 736 Å². The molecule has 26 heteroatoms. The fourth-order valence-electron chi connectivity index (χ4n) is 13.9. The number of piperazine rings is 1. The van der Waals surface area contributed by atoms with E-state index < -0.39 is 0 Å². The predicted octanol–water partition coefficient (Wildman–Crippen LogP) is 16.6. The lowest BCUT2D eigenvalue weighted by Gasteiger charge is -2.34. The molecule has 6 N–H and O–H groups in total. The molecule has 0 bridgehead atoms. The Kier molecular flexibility index (Phi) is 31.8. The van der Waals surface area contributed by atoms with E-state index in [9.17, 15) is 24.0 Å². The van der Waals surface area contributed by atoms with Crippen LogP contribution >= 0.6 is 0 Å². The highest BCUT2D eigenvalue weighted by molar-refractivity contribution is 5.97. The summed E-state index contributed by atoms with van der Waals surface area (Å²) < 4.78 is 5.34. The molecular formula is C100H106N20O6. The van der Waals surface area contributed by atoms with E-state index in [1.54, 1.807) is 49.3 Å². The van der Waals surface area contributed by atoms with Gasteiger partial charge in [0.2, 0.25) is 29.7 Å². The maximum atomic E-state index is 13.0. The van der Waals surface area contributed by atoms with Crippen LogP contribution in [0.5, 0.6) is 0 Å². The molecule has 0 aliphatic carbocycles. The molecule has 0 unspecified atom stereocenters. The lowest BCUT2D eigenvalue weighted by molar-refractivity contribution is -0.123. The molecule has 8 heterocycles. The average molecular weight is 1680 g/mol. The first-order valence-electron chi connectivity index (χ1n) is 42.5. The maximum absolute atomic E-state index is 13.0. The van der Waals surface area contributed by atoms with Crippen LogP contribution in [0.4, 0.5) is 46.5 Å². The first kappa shape index (κ1) is 89.2. The van der Waals surface area contributed by atoms with Crippen LogP contribution in [0.2, 0.25) is 0 Å². The van der Waals surface area contributed by atoms with Crippen LogP contribution in [-0.4, -0.2) is 197 Å². The highest BCUT2D eigenvalue weighted by Gasteiger charge is 2.25. The van der Waals surface area contributed by atoms with Crippen molar-refractivity contribution in [1.82, 2.24) is 80.0 Å². The number of carbonyl (C=O) groups excluding carboxylic acids is 5. The number of pyridine rings is 1. The molecule has 0 radical (unpaired) electrons. The summed E-state index contributed by atoms with van der Waals surface area (Å²) in [6.07, 6.45) is 15.5. The summed E-state index contributed by atoms with van der Waals surface area (Å²) in [5.41, 5.74) is 19.3. The molecule has 3 aliphatic heterocycles. The molecule has 16 rings (SSSR count). The van der Waals surface area contributed by atoms with Gasteiger partial charge in [-0.25, -0.2) is 39.9 Å². The topological polar surface area (TPSA) is 299 Å². The zero-order valence-corrected chi connectivity index (χ0v) is 72.2. The molecule has 5 amide bonds. The normalized spacial score (nSPS) is 13.1. The second-order valence-corrected chi connectivity index (χ2v) is 31.0. The number of nitrogens with one attached hydrogen (secondary N) is 6. The Hall–Kier alpha value is -14.6. The van der Waals surface area contributed by atoms with Gasteiger partial charge in [0, 0.05) is 189 Å². The Bertz CT molecular complexity index is 5740. The minimum absolute atomic E-state index is 0.000417. The van der Waals surface area contributed by atoms with E-state index in [2.05, 4.69) is 181 Å². The molecule has 126 heavy (non-hydrogen) atoms. The number of amides is 5. The summed E-state index contributed by atoms with van der Waals surface area (Å²) in [4.78, 5) is 112. The van der Waals surface area contributed by atoms with Gasteiger partial charge in [-0.3, -0.25) is 38.8 Å². The van der Waals surface area contributed by atoms with Crippen molar-refractivity contribution in [2.45, 2.75) is 67.5 Å². The van der Waals surface area contributed by atoms with E-state index >= 15 is 0 Å². The molecule has 642 valence electrons. The molecule has 5 aromatic heterocycles. The third kappa shape index (κ3) is 26.7. The average Bonchev–Trinajstić information content (AvgIpc) is 0.838. The van der Waals surface area contributed by atoms with Crippen LogP contribution in [0.3, 0.4) is 0 Å². The van der Waals surface area contributed by atoms with Crippen molar-refractivity contribution in [3.05, 3.63) is 330 Å². The van der Waals surface area contributed by atoms with Crippen LogP contribution < -0.4 is 31.9 Å². The van der Waals surface area contributed by atoms with Crippen LogP contribution in [0.1, 0.15) is 96.4 Å². The monoisotopic (exact) mass is 1680 g/mol. The summed E-state index contributed by atoms with van der Waals surface area (Å²) in [5.74, 6) is 2.06. The number of aromatic nitrogens is 9. The van der Waals surface area contributed by atoms with Crippen LogP contribution in [-0.2, 0) is 16.1 Å². The molecule has 2 saturated heterocycles. The van der Waals surface area contributed by atoms with E-state index in [0.29, 0.717) is 105 Å². The number of hydrogen-bond acceptors (Lipinski definition) is 21. The first-order valence-corrected chi connectivity index (χ1v) is 42.5. The van der Waals surface area contributed by atoms with Gasteiger partial charge < -0.3 is 51.3 Å². The second kappa shape index (κ2) is 45.0. The van der Waals surface area contributed by atoms with Gasteiger partial charge in [0.1, 0.15) is 0 Å². The summed E-state index contributed by atoms with van der Waals surface area (Å²) in [5, 5.41) is 18.7. The number of rotatable bonds is 25. The van der Waals surface area contributed by atoms with Crippen LogP contribution in [0.25, 0.3) is 45.0 Å². The lowest BCUT2D eigenvalue weighted by atomic mass is 10.1. The zero-order chi connectivity index (χ0) is 87.9. The maximum Gasteiger partial charge on any atom is 0.254 e. The van der Waals surface area contributed by atoms with Gasteiger partial charge in [0.25, 0.3) is 23.6 Å². The van der Waals surface area contributed by atoms with Gasteiger partial charge in [0.15, 0.2) is 0 Å². The van der Waals surface area contributed by atoms with Gasteiger partial charge in [-0.15, -0.1) is 0 Å². The highest BCUT2D eigenvalue weighted by atomic mass is 16.5. The fraction of sp³-hybridized carbons (Fsp3) is 0.240. The smallest absolute Gasteiger partial charge is 0.254 e. The standard InChI is InChI=1S/C27H32N6O2.C26H25N5O.C24H27N5O2.C23H22N4O/c1-19(2)29-25(34)18-32-14-16-33(17-15-32)26(35)22-8-10-23(11-9-22)30-27-28-13-12-24(31-27)21-6-4-20(3)5-7-21;1-3-31(18-20-12-15-27-16-13-20)25(32)22-8-10-23(11-9-22)29-26-28-17-14-24(30-26)21-6-4-19(2)5-7-21;1-18-2-4-19(5-3-18)22-10-11-26-24(28-22)27-21-8-6-20(7-9-21)23(30)25-12-13-29-14-16-31-17-15-29;1-17-5-7-18(8-6-17)21-13-14-24-23(26-21)25-20-11-9-19(10-12-20)22(28)27-15-3-2-4-16-27/h4-13,19H,14-18H2,1-3H3,(H,29,34)(H,28,30,31);4-17H,3,18H2,1-2H3,(H,28,29,30);2-11H,12-17H2,1H3,(H,25,30)(H,26,27,28);2-3,5-14H,4,15-16H2,1H3,(H,24,25,26). The van der Waals surface area contributed by atoms with E-state index in [4.69, 9.17) is 4.74 Å². The first-order chi connectivity index (χ1) is 61.3. The Balaban J connectivity index is 0.000000144. The van der Waals surface area contributed by atoms with Gasteiger partial charge in [0.05, 0.1) is 42.5 Å². The zero-order valence-electron chi connectivity index (χ0n) is 72.2. The summed E-state index contributed by atoms with van der Waals surface area (Å²) in [6, 6.07) is 74.0. The molecule has 3 aliphatic rings. The Morgan fingerprint density at radius 3 is 1.16 bits per heavy atom. The number of aryl methyl sites for hydroxylation is 4. The Morgan fingerprint density at radius 2 is 0.786 bits per heavy atom. The molecule has 0 atom stereocenters. The molecule has 0 saturated carbocycles. The summed E-state index contributed by atoms with van der Waals surface area (Å²) >= 11 is 0. The lowest BCUT2D eigenvalue weighted by Crippen LogP contribution is -2.51. The SMILES string of the molecule is CCN(Cc1ccncc1)C(=O)c1ccc(Nc2nccc(-c3ccc(C)cc3)n2)cc1.Cc1ccc(-c2ccnc(Nc3ccc(C(=O)N4CC=CCC4)cc3)n2)cc1.Cc1ccc(-c2ccnc(Nc3ccc(C(=O)N4CCN(CC(=O)NC(C)C)CC4)cc3)n2)cc1.Cc1ccc(-c2ccnc(Nc3ccc(C(=O)NCCN4CCOCC4)cc3)n2)cc1. The fourth-order valence-corrected chi connectivity index (χ4v) is 13.9. The largest absolute Gasteiger partial charge is 0.379 e. The minimum atomic E-state index is -0.0718. The number of hydrogen-bond donors (Lipinski definition) is 6. The number of benzene rings is 8. The van der Waals surface area contributed by atoms with Crippen molar-refractivity contribution >= 4 is 76.1 Å². The van der Waals surface area contributed by atoms with Crippen molar-refractivity contribution in [2.75, 3.05) is 113 Å². The minimum Gasteiger partial charge on any atom is -0.379 e. The molecule has 0 spiro atoms. The highest BCUT2D eigenvalue weighted by Crippen LogP contribution is 2.27. The molecule has 8 aromatic carbocycles. The van der Waals surface area contributed by atoms with Crippen molar-refractivity contribution in [3.63, 3.8) is 0 Å². The number of anilines is 8. The van der Waals surface area contributed by atoms with E-state index in [-0.39, 0.29) is 35.6 Å². The number of carbonyl (C=O) groups is 5. The molecule has 2 fully saturated rings. The quantitative estimate of drug-likeness (QED) is 0.0290. The van der Waals surface area contributed by atoms with E-state index in [1.165, 1.54) is 22.3 Å². The van der Waals surface area contributed by atoms with E-state index in [1.807, 2.05) is 199 Å². The van der Waals surface area contributed by atoms with Gasteiger partial charge in [-0.1, -0.05) is 131 Å². The third-order valence-corrected chi connectivity index (χ3v) is 21.0. The predicted molar refractivity (Wildman–Crippen MR) is 497 cm³/mol. The van der Waals surface area contributed by atoms with Crippen LogP contribution in [0.15, 0.2) is 280 Å².